The molecule has 0 aliphatic rings. The third-order valence-electron chi connectivity index (χ3n) is 1.01. The van der Waals surface area contributed by atoms with Gasteiger partial charge in [0, 0.05) is 5.75 Å². The molecule has 0 saturated carbocycles. The zero-order valence-corrected chi connectivity index (χ0v) is 7.57. The van der Waals surface area contributed by atoms with Gasteiger partial charge in [-0.15, -0.1) is 11.8 Å². The number of aromatic nitrogens is 2. The van der Waals surface area contributed by atoms with E-state index in [1.807, 2.05) is 0 Å². The van der Waals surface area contributed by atoms with Crippen molar-refractivity contribution in [1.82, 2.24) is 9.97 Å². The Bertz CT molecular complexity index is 274. The van der Waals surface area contributed by atoms with Crippen LogP contribution in [-0.2, 0) is 0 Å². The van der Waals surface area contributed by atoms with Crippen LogP contribution in [0.25, 0.3) is 0 Å². The molecule has 0 amide bonds. The Balaban J connectivity index is 2.75. The Morgan fingerprint density at radius 1 is 1.67 bits per heavy atom. The molecule has 6 heteroatoms. The van der Waals surface area contributed by atoms with Gasteiger partial charge in [-0.1, -0.05) is 11.6 Å². The summed E-state index contributed by atoms with van der Waals surface area (Å²) in [5, 5.41) is 9.15. The van der Waals surface area contributed by atoms with Gasteiger partial charge in [0.05, 0.1) is 17.8 Å². The van der Waals surface area contributed by atoms with E-state index >= 15 is 0 Å². The molecule has 1 heterocycles. The highest BCUT2D eigenvalue weighted by atomic mass is 35.5. The predicted molar refractivity (Wildman–Crippen MR) is 44.8 cm³/mol. The molecule has 3 nitrogen and oxygen atoms in total. The molecule has 0 aliphatic carbocycles. The largest absolute Gasteiger partial charge is 0.396 e. The molecular formula is C6H6ClFN2OS. The lowest BCUT2D eigenvalue weighted by Crippen LogP contribution is -1.93. The summed E-state index contributed by atoms with van der Waals surface area (Å²) in [4.78, 5) is 6.71. The minimum absolute atomic E-state index is 0.00656. The van der Waals surface area contributed by atoms with Gasteiger partial charge in [0.25, 0.3) is 0 Å². The van der Waals surface area contributed by atoms with E-state index in [4.69, 9.17) is 16.7 Å². The van der Waals surface area contributed by atoms with Crippen molar-refractivity contribution in [1.29, 1.82) is 0 Å². The third-order valence-corrected chi connectivity index (χ3v) is 2.37. The second-order valence-corrected chi connectivity index (χ2v) is 3.36. The van der Waals surface area contributed by atoms with Crippen LogP contribution >= 0.6 is 23.4 Å². The Kier molecular flexibility index (Phi) is 3.71. The number of nitrogens with zero attached hydrogens (tertiary/aromatic N) is 2. The Morgan fingerprint density at radius 2 is 2.42 bits per heavy atom. The van der Waals surface area contributed by atoms with Gasteiger partial charge in [0.2, 0.25) is 0 Å². The summed E-state index contributed by atoms with van der Waals surface area (Å²) in [6, 6.07) is 0. The summed E-state index contributed by atoms with van der Waals surface area (Å²) in [6.45, 7) is 0.00656. The first-order chi connectivity index (χ1) is 5.74. The lowest BCUT2D eigenvalue weighted by molar-refractivity contribution is 0.322. The fraction of sp³-hybridized carbons (Fsp3) is 0.333. The molecule has 1 rings (SSSR count). The van der Waals surface area contributed by atoms with Crippen LogP contribution in [0.4, 0.5) is 4.39 Å². The van der Waals surface area contributed by atoms with Crippen LogP contribution in [0, 0.1) is 6.08 Å². The molecule has 0 aromatic carbocycles. The number of hydrogen-bond acceptors (Lipinski definition) is 4. The number of thioether (sulfide) groups is 1. The maximum Gasteiger partial charge on any atom is 0.309 e. The molecule has 1 N–H and O–H groups in total. The second-order valence-electron chi connectivity index (χ2n) is 1.86. The molecule has 0 unspecified atom stereocenters. The second kappa shape index (κ2) is 4.59. The highest BCUT2D eigenvalue weighted by Gasteiger charge is 2.04. The van der Waals surface area contributed by atoms with Crippen molar-refractivity contribution in [3.8, 4) is 0 Å². The number of aliphatic hydroxyl groups excluding tert-OH is 1. The van der Waals surface area contributed by atoms with Gasteiger partial charge in [0.15, 0.2) is 0 Å². The van der Waals surface area contributed by atoms with E-state index in [2.05, 4.69) is 9.97 Å². The van der Waals surface area contributed by atoms with Gasteiger partial charge in [-0.3, -0.25) is 0 Å². The molecule has 0 spiro atoms. The zero-order valence-electron chi connectivity index (χ0n) is 6.00. The van der Waals surface area contributed by atoms with Crippen molar-refractivity contribution < 1.29 is 9.50 Å². The monoisotopic (exact) mass is 208 g/mol. The molecular weight excluding hydrogens is 203 g/mol. The topological polar surface area (TPSA) is 46.0 Å². The van der Waals surface area contributed by atoms with Gasteiger partial charge >= 0.3 is 6.08 Å². The van der Waals surface area contributed by atoms with E-state index in [9.17, 15) is 4.39 Å². The SMILES string of the molecule is OCCSc1nc(F)ncc1Cl. The highest BCUT2D eigenvalue weighted by Crippen LogP contribution is 2.23. The number of hydrogen-bond donors (Lipinski definition) is 1. The maximum absolute atomic E-state index is 12.4. The van der Waals surface area contributed by atoms with E-state index in [1.165, 1.54) is 18.0 Å². The molecule has 12 heavy (non-hydrogen) atoms. The Hall–Kier alpha value is -0.390. The van der Waals surface area contributed by atoms with Gasteiger partial charge in [-0.2, -0.15) is 9.37 Å². The third kappa shape index (κ3) is 2.58. The van der Waals surface area contributed by atoms with Crippen molar-refractivity contribution in [2.24, 2.45) is 0 Å². The lowest BCUT2D eigenvalue weighted by Gasteiger charge is -1.99. The smallest absolute Gasteiger partial charge is 0.309 e. The van der Waals surface area contributed by atoms with Crippen molar-refractivity contribution in [2.45, 2.75) is 5.03 Å². The van der Waals surface area contributed by atoms with Crippen molar-refractivity contribution in [2.75, 3.05) is 12.4 Å². The minimum atomic E-state index is -0.806. The summed E-state index contributed by atoms with van der Waals surface area (Å²) in [7, 11) is 0. The van der Waals surface area contributed by atoms with Gasteiger partial charge in [0.1, 0.15) is 5.03 Å². The summed E-state index contributed by atoms with van der Waals surface area (Å²) in [6.07, 6.45) is 0.392. The molecule has 66 valence electrons. The molecule has 1 aromatic heterocycles. The summed E-state index contributed by atoms with van der Waals surface area (Å²) in [5.74, 6) is 0.441. The Morgan fingerprint density at radius 3 is 3.08 bits per heavy atom. The lowest BCUT2D eigenvalue weighted by atomic mass is 10.7. The van der Waals surface area contributed by atoms with Gasteiger partial charge in [-0.25, -0.2) is 4.98 Å². The average molecular weight is 209 g/mol. The first-order valence-electron chi connectivity index (χ1n) is 3.15. The van der Waals surface area contributed by atoms with Crippen LogP contribution < -0.4 is 0 Å². The van der Waals surface area contributed by atoms with E-state index in [-0.39, 0.29) is 6.61 Å². The predicted octanol–water partition coefficient (Wildman–Crippen LogP) is 1.35. The molecule has 0 saturated heterocycles. The number of halogens is 2. The molecule has 0 fully saturated rings. The van der Waals surface area contributed by atoms with E-state index in [0.717, 1.165) is 0 Å². The fourth-order valence-corrected chi connectivity index (χ4v) is 1.44. The maximum atomic E-state index is 12.4. The quantitative estimate of drug-likeness (QED) is 0.463. The average Bonchev–Trinajstić information content (AvgIpc) is 2.07. The minimum Gasteiger partial charge on any atom is -0.396 e. The molecule has 0 atom stereocenters. The van der Waals surface area contributed by atoms with Crippen molar-refractivity contribution >= 4 is 23.4 Å². The molecule has 0 aliphatic heterocycles. The highest BCUT2D eigenvalue weighted by molar-refractivity contribution is 7.99. The van der Waals surface area contributed by atoms with Crippen LogP contribution in [0.1, 0.15) is 0 Å². The van der Waals surface area contributed by atoms with Crippen molar-refractivity contribution in [3.63, 3.8) is 0 Å². The van der Waals surface area contributed by atoms with Crippen molar-refractivity contribution in [3.05, 3.63) is 17.3 Å². The van der Waals surface area contributed by atoms with Crippen LogP contribution in [0.2, 0.25) is 5.02 Å². The normalized spacial score (nSPS) is 10.2. The molecule has 1 aromatic rings. The first-order valence-corrected chi connectivity index (χ1v) is 4.52. The summed E-state index contributed by atoms with van der Waals surface area (Å²) >= 11 is 6.83. The molecule has 0 bridgehead atoms. The Labute approximate surface area is 78.0 Å². The van der Waals surface area contributed by atoms with E-state index in [0.29, 0.717) is 15.8 Å². The van der Waals surface area contributed by atoms with Crippen LogP contribution in [0.15, 0.2) is 11.2 Å². The van der Waals surface area contributed by atoms with Crippen LogP contribution in [0.3, 0.4) is 0 Å². The molecule has 0 radical (unpaired) electrons. The zero-order chi connectivity index (χ0) is 8.97. The summed E-state index contributed by atoms with van der Waals surface area (Å²) in [5.41, 5.74) is 0. The number of aliphatic hydroxyl groups is 1. The summed E-state index contributed by atoms with van der Waals surface area (Å²) < 4.78 is 12.4. The van der Waals surface area contributed by atoms with Crippen LogP contribution in [0.5, 0.6) is 0 Å². The van der Waals surface area contributed by atoms with Gasteiger partial charge in [-0.05, 0) is 0 Å². The standard InChI is InChI=1S/C6H6ClFN2OS/c7-4-3-9-6(8)10-5(4)12-2-1-11/h3,11H,1-2H2. The van der Waals surface area contributed by atoms with Crippen LogP contribution in [-0.4, -0.2) is 27.4 Å². The fourth-order valence-electron chi connectivity index (χ4n) is 0.575. The van der Waals surface area contributed by atoms with Gasteiger partial charge < -0.3 is 5.11 Å². The van der Waals surface area contributed by atoms with E-state index in [1.54, 1.807) is 0 Å². The number of rotatable bonds is 3. The van der Waals surface area contributed by atoms with E-state index < -0.39 is 6.08 Å². The first kappa shape index (κ1) is 9.70.